The van der Waals surface area contributed by atoms with Gasteiger partial charge in [0.05, 0.1) is 35.3 Å². The van der Waals surface area contributed by atoms with Gasteiger partial charge in [0.2, 0.25) is 0 Å². The second-order valence-electron chi connectivity index (χ2n) is 7.57. The lowest BCUT2D eigenvalue weighted by Crippen LogP contribution is -2.50. The van der Waals surface area contributed by atoms with Gasteiger partial charge in [-0.3, -0.25) is 4.79 Å². The smallest absolute Gasteiger partial charge is 0.195 e. The Hall–Kier alpha value is -2.02. The van der Waals surface area contributed by atoms with Crippen LogP contribution in [0.2, 0.25) is 0 Å². The van der Waals surface area contributed by atoms with Crippen molar-refractivity contribution in [2.75, 3.05) is 31.9 Å². The lowest BCUT2D eigenvalue weighted by atomic mass is 9.87. The van der Waals surface area contributed by atoms with Crippen LogP contribution in [0, 0.1) is 0 Å². The summed E-state index contributed by atoms with van der Waals surface area (Å²) in [7, 11) is -4.17. The van der Waals surface area contributed by atoms with Gasteiger partial charge in [0, 0.05) is 16.7 Å². The maximum absolute atomic E-state index is 13.2. The lowest BCUT2D eigenvalue weighted by Gasteiger charge is -2.38. The van der Waals surface area contributed by atoms with Crippen molar-refractivity contribution in [3.05, 3.63) is 53.1 Å². The fourth-order valence-electron chi connectivity index (χ4n) is 4.15. The maximum Gasteiger partial charge on any atom is 0.195 e. The van der Waals surface area contributed by atoms with Gasteiger partial charge in [0.15, 0.2) is 5.78 Å². The first-order chi connectivity index (χ1) is 13.3. The molecule has 2 aromatic carbocycles. The number of nitrogens with zero attached hydrogens (tertiary/aromatic N) is 1. The summed E-state index contributed by atoms with van der Waals surface area (Å²) in [6, 6.07) is 11.9. The summed E-state index contributed by atoms with van der Waals surface area (Å²) in [5.74, 6) is -0.243. The van der Waals surface area contributed by atoms with Crippen molar-refractivity contribution in [1.82, 2.24) is 0 Å². The van der Waals surface area contributed by atoms with Crippen molar-refractivity contribution in [2.24, 2.45) is 0 Å². The molecule has 1 aliphatic carbocycles. The molecule has 0 unspecified atom stereocenters. The second kappa shape index (κ2) is 8.15. The molecule has 0 saturated heterocycles. The number of Topliss-reactive ketones (excluding diaryl/α,β-unsaturated/α-hetero) is 1. The zero-order valence-electron chi connectivity index (χ0n) is 16.5. The molecule has 0 heterocycles. The van der Waals surface area contributed by atoms with Crippen LogP contribution < -0.4 is 0 Å². The van der Waals surface area contributed by atoms with Crippen LogP contribution in [0.5, 0.6) is 0 Å². The molecule has 0 bridgehead atoms. The molecular formula is C22H27NO4S. The first kappa shape index (κ1) is 20.7. The van der Waals surface area contributed by atoms with E-state index in [2.05, 4.69) is 13.8 Å². The molecule has 0 saturated carbocycles. The highest BCUT2D eigenvalue weighted by Crippen LogP contribution is 2.32. The number of rotatable bonds is 9. The summed E-state index contributed by atoms with van der Waals surface area (Å²) in [5.41, 5.74) is 2.63. The Morgan fingerprint density at radius 1 is 1.00 bits per heavy atom. The Balaban J connectivity index is 1.84. The molecule has 0 fully saturated rings. The Labute approximate surface area is 167 Å². The van der Waals surface area contributed by atoms with Gasteiger partial charge in [-0.1, -0.05) is 36.4 Å². The normalized spacial score (nSPS) is 14.4. The standard InChI is InChI=1S/C22H27NO4S/c1-3-23(4-2,13-5-6-14-28(25,26)27)16-19-15-18-11-7-9-17-10-8-12-20(21(17)18)22(19)24/h7-12,15H,3-6,13-14,16H2,1-2H3. The zero-order chi connectivity index (χ0) is 20.4. The average Bonchev–Trinajstić information content (AvgIpc) is 2.67. The first-order valence-corrected chi connectivity index (χ1v) is 11.4. The molecule has 6 heteroatoms. The van der Waals surface area contributed by atoms with Crippen molar-refractivity contribution in [1.29, 1.82) is 0 Å². The Bertz CT molecular complexity index is 1010. The van der Waals surface area contributed by atoms with Crippen LogP contribution in [0.3, 0.4) is 0 Å². The quantitative estimate of drug-likeness (QED) is 0.365. The van der Waals surface area contributed by atoms with Gasteiger partial charge in [-0.2, -0.15) is 0 Å². The minimum Gasteiger partial charge on any atom is -0.748 e. The summed E-state index contributed by atoms with van der Waals surface area (Å²) in [6.45, 7) is 7.24. The van der Waals surface area contributed by atoms with Crippen LogP contribution in [0.25, 0.3) is 16.8 Å². The van der Waals surface area contributed by atoms with Crippen molar-refractivity contribution in [3.8, 4) is 0 Å². The number of benzene rings is 2. The molecule has 28 heavy (non-hydrogen) atoms. The van der Waals surface area contributed by atoms with Crippen molar-refractivity contribution in [2.45, 2.75) is 26.7 Å². The molecule has 0 N–H and O–H groups in total. The Morgan fingerprint density at radius 3 is 2.32 bits per heavy atom. The summed E-state index contributed by atoms with van der Waals surface area (Å²) in [6.07, 6.45) is 3.02. The zero-order valence-corrected chi connectivity index (χ0v) is 17.3. The van der Waals surface area contributed by atoms with Crippen LogP contribution in [0.15, 0.2) is 42.0 Å². The number of hydrogen-bond acceptors (Lipinski definition) is 4. The van der Waals surface area contributed by atoms with E-state index in [4.69, 9.17) is 0 Å². The SMILES string of the molecule is CC[N+](CC)(CCCCS(=O)(=O)[O-])CC1=Cc2cccc3cccc(c23)C1=O. The summed E-state index contributed by atoms with van der Waals surface area (Å²) >= 11 is 0. The summed E-state index contributed by atoms with van der Waals surface area (Å²) in [4.78, 5) is 13.2. The largest absolute Gasteiger partial charge is 0.748 e. The molecule has 0 amide bonds. The third kappa shape index (κ3) is 4.35. The number of carbonyl (C=O) groups excluding carboxylic acids is 1. The van der Waals surface area contributed by atoms with Crippen molar-refractivity contribution in [3.63, 3.8) is 0 Å². The lowest BCUT2D eigenvalue weighted by molar-refractivity contribution is -0.920. The fraction of sp³-hybridized carbons (Fsp3) is 0.409. The minimum atomic E-state index is -4.17. The van der Waals surface area contributed by atoms with Gasteiger partial charge in [-0.15, -0.1) is 0 Å². The van der Waals surface area contributed by atoms with Gasteiger partial charge >= 0.3 is 0 Å². The van der Waals surface area contributed by atoms with Crippen molar-refractivity contribution < 1.29 is 22.2 Å². The third-order valence-corrected chi connectivity index (χ3v) is 6.72. The van der Waals surface area contributed by atoms with Crippen molar-refractivity contribution >= 4 is 32.7 Å². The molecule has 150 valence electrons. The van der Waals surface area contributed by atoms with E-state index in [0.29, 0.717) is 23.9 Å². The number of likely N-dealkylation sites (N-methyl/N-ethyl adjacent to an activating group) is 1. The molecular weight excluding hydrogens is 374 g/mol. The van der Waals surface area contributed by atoms with Crippen LogP contribution >= 0.6 is 0 Å². The van der Waals surface area contributed by atoms with E-state index in [-0.39, 0.29) is 11.5 Å². The second-order valence-corrected chi connectivity index (χ2v) is 9.10. The van der Waals surface area contributed by atoms with Crippen LogP contribution in [-0.4, -0.2) is 55.2 Å². The van der Waals surface area contributed by atoms with Gasteiger partial charge < -0.3 is 9.04 Å². The average molecular weight is 402 g/mol. The fourth-order valence-corrected chi connectivity index (χ4v) is 4.71. The molecule has 0 atom stereocenters. The topological polar surface area (TPSA) is 74.3 Å². The van der Waals surface area contributed by atoms with Gasteiger partial charge in [0.25, 0.3) is 0 Å². The number of unbranched alkanes of at least 4 members (excludes halogenated alkanes) is 1. The van der Waals surface area contributed by atoms with Gasteiger partial charge in [0.1, 0.15) is 6.54 Å². The Morgan fingerprint density at radius 2 is 1.68 bits per heavy atom. The minimum absolute atomic E-state index is 0.0795. The summed E-state index contributed by atoms with van der Waals surface area (Å²) < 4.78 is 33.2. The molecule has 0 spiro atoms. The van der Waals surface area contributed by atoms with Crippen LogP contribution in [0.1, 0.15) is 42.6 Å². The highest BCUT2D eigenvalue weighted by molar-refractivity contribution is 7.85. The summed E-state index contributed by atoms with van der Waals surface area (Å²) in [5, 5.41) is 2.09. The monoisotopic (exact) mass is 401 g/mol. The van der Waals surface area contributed by atoms with E-state index in [0.717, 1.165) is 47.1 Å². The molecule has 2 aromatic rings. The van der Waals surface area contributed by atoms with Crippen LogP contribution in [0.4, 0.5) is 0 Å². The van der Waals surface area contributed by atoms with E-state index in [1.807, 2.05) is 42.5 Å². The van der Waals surface area contributed by atoms with E-state index in [1.54, 1.807) is 0 Å². The molecule has 0 aliphatic heterocycles. The van der Waals surface area contributed by atoms with E-state index in [9.17, 15) is 17.8 Å². The Kier molecular flexibility index (Phi) is 6.03. The molecule has 0 aromatic heterocycles. The molecule has 0 radical (unpaired) electrons. The highest BCUT2D eigenvalue weighted by atomic mass is 32.2. The highest BCUT2D eigenvalue weighted by Gasteiger charge is 2.30. The van der Waals surface area contributed by atoms with E-state index >= 15 is 0 Å². The van der Waals surface area contributed by atoms with E-state index < -0.39 is 10.1 Å². The van der Waals surface area contributed by atoms with Gasteiger partial charge in [-0.25, -0.2) is 8.42 Å². The molecule has 5 nitrogen and oxygen atoms in total. The van der Waals surface area contributed by atoms with Gasteiger partial charge in [-0.05, 0) is 43.7 Å². The third-order valence-electron chi connectivity index (χ3n) is 5.93. The molecule has 3 rings (SSSR count). The van der Waals surface area contributed by atoms with E-state index in [1.165, 1.54) is 0 Å². The van der Waals surface area contributed by atoms with Crippen LogP contribution in [-0.2, 0) is 10.1 Å². The maximum atomic E-state index is 13.2. The predicted molar refractivity (Wildman–Crippen MR) is 111 cm³/mol. The molecule has 1 aliphatic rings. The first-order valence-electron chi connectivity index (χ1n) is 9.84. The number of ketones is 1. The number of quaternary nitrogens is 1. The predicted octanol–water partition coefficient (Wildman–Crippen LogP) is 3.60. The number of carbonyl (C=O) groups is 1. The number of hydrogen-bond donors (Lipinski definition) is 0.